The quantitative estimate of drug-likeness (QED) is 0.139. The highest BCUT2D eigenvalue weighted by atomic mass is 19.2. The van der Waals surface area contributed by atoms with Crippen LogP contribution in [0.25, 0.3) is 10.4 Å². The summed E-state index contributed by atoms with van der Waals surface area (Å²) in [6.45, 7) is -0.384. The minimum Gasteiger partial charge on any atom is -0.480 e. The van der Waals surface area contributed by atoms with Gasteiger partial charge in [0, 0.05) is 4.91 Å². The fourth-order valence-electron chi connectivity index (χ4n) is 1.76. The molecule has 0 radical (unpaired) electrons. The average Bonchev–Trinajstić information content (AvgIpc) is 2.56. The topological polar surface area (TPSA) is 138 Å². The molecule has 0 fully saturated rings. The standard InChI is InChI=1S/C13H12F4N4O4/c14-7-6(8(15)10(17)11(9(7)16)20-21-19)13(24)25-4-2-1-3-5(18)12(22)23/h5H,1-4,18H2,(H,22,23). The molecule has 0 heterocycles. The van der Waals surface area contributed by atoms with Crippen LogP contribution in [0.1, 0.15) is 29.6 Å². The predicted molar refractivity (Wildman–Crippen MR) is 74.8 cm³/mol. The number of nitrogens with two attached hydrogens (primary N) is 1. The second kappa shape index (κ2) is 8.85. The third-order valence-electron chi connectivity index (χ3n) is 3.05. The van der Waals surface area contributed by atoms with Gasteiger partial charge in [-0.25, -0.2) is 22.4 Å². The van der Waals surface area contributed by atoms with Crippen molar-refractivity contribution in [2.75, 3.05) is 6.61 Å². The first-order valence-electron chi connectivity index (χ1n) is 6.78. The fourth-order valence-corrected chi connectivity index (χ4v) is 1.76. The van der Waals surface area contributed by atoms with Crippen molar-refractivity contribution in [3.05, 3.63) is 39.3 Å². The van der Waals surface area contributed by atoms with Crippen molar-refractivity contribution in [2.24, 2.45) is 10.8 Å². The Morgan fingerprint density at radius 3 is 2.20 bits per heavy atom. The summed E-state index contributed by atoms with van der Waals surface area (Å²) < 4.78 is 59.0. The summed E-state index contributed by atoms with van der Waals surface area (Å²) in [7, 11) is 0. The first-order chi connectivity index (χ1) is 11.7. The van der Waals surface area contributed by atoms with E-state index in [1.54, 1.807) is 0 Å². The number of esters is 1. The maximum Gasteiger partial charge on any atom is 0.344 e. The summed E-state index contributed by atoms with van der Waals surface area (Å²) >= 11 is 0. The van der Waals surface area contributed by atoms with Gasteiger partial charge in [0.1, 0.15) is 17.3 Å². The fraction of sp³-hybridized carbons (Fsp3) is 0.385. The molecule has 1 atom stereocenters. The number of hydrogen-bond acceptors (Lipinski definition) is 5. The summed E-state index contributed by atoms with van der Waals surface area (Å²) in [4.78, 5) is 24.1. The number of aliphatic carboxylic acids is 1. The van der Waals surface area contributed by atoms with E-state index in [9.17, 15) is 27.2 Å². The van der Waals surface area contributed by atoms with Gasteiger partial charge in [-0.2, -0.15) is 0 Å². The Labute approximate surface area is 137 Å². The molecule has 0 saturated heterocycles. The molecule has 1 rings (SSSR count). The molecule has 0 saturated carbocycles. The number of ether oxygens (including phenoxy) is 1. The lowest BCUT2D eigenvalue weighted by Crippen LogP contribution is -2.29. The molecule has 1 aromatic rings. The number of carbonyl (C=O) groups is 2. The normalized spacial score (nSPS) is 11.6. The first kappa shape index (κ1) is 20.2. The molecule has 8 nitrogen and oxygen atoms in total. The van der Waals surface area contributed by atoms with Gasteiger partial charge in [0.25, 0.3) is 0 Å². The van der Waals surface area contributed by atoms with Crippen molar-refractivity contribution in [2.45, 2.75) is 25.3 Å². The minimum absolute atomic E-state index is 0.0692. The molecule has 136 valence electrons. The second-order valence-corrected chi connectivity index (χ2v) is 4.75. The highest BCUT2D eigenvalue weighted by Gasteiger charge is 2.29. The van der Waals surface area contributed by atoms with E-state index in [0.29, 0.717) is 0 Å². The van der Waals surface area contributed by atoms with Crippen molar-refractivity contribution >= 4 is 17.6 Å². The Bertz CT molecular complexity index is 708. The minimum atomic E-state index is -2.06. The molecule has 1 unspecified atom stereocenters. The maximum atomic E-state index is 13.7. The van der Waals surface area contributed by atoms with Crippen molar-refractivity contribution in [1.29, 1.82) is 0 Å². The molecule has 0 amide bonds. The van der Waals surface area contributed by atoms with E-state index < -0.39 is 52.5 Å². The monoisotopic (exact) mass is 364 g/mol. The van der Waals surface area contributed by atoms with Crippen molar-refractivity contribution < 1.29 is 37.0 Å². The summed E-state index contributed by atoms with van der Waals surface area (Å²) in [6.07, 6.45) is 0.404. The lowest BCUT2D eigenvalue weighted by Gasteiger charge is -2.10. The van der Waals surface area contributed by atoms with Gasteiger partial charge >= 0.3 is 11.9 Å². The number of benzene rings is 1. The molecule has 3 N–H and O–H groups in total. The van der Waals surface area contributed by atoms with Crippen LogP contribution in [0.5, 0.6) is 0 Å². The number of unbranched alkanes of at least 4 members (excludes halogenated alkanes) is 1. The number of azide groups is 1. The zero-order valence-corrected chi connectivity index (χ0v) is 12.5. The predicted octanol–water partition coefficient (Wildman–Crippen LogP) is 2.92. The van der Waals surface area contributed by atoms with Crippen LogP contribution in [0.15, 0.2) is 5.11 Å². The van der Waals surface area contributed by atoms with Gasteiger partial charge in [0.15, 0.2) is 23.3 Å². The van der Waals surface area contributed by atoms with Crippen LogP contribution >= 0.6 is 0 Å². The smallest absolute Gasteiger partial charge is 0.344 e. The number of rotatable bonds is 8. The zero-order chi connectivity index (χ0) is 19.1. The second-order valence-electron chi connectivity index (χ2n) is 4.75. The molecular formula is C13H12F4N4O4. The Balaban J connectivity index is 2.80. The number of halogens is 4. The van der Waals surface area contributed by atoms with Crippen LogP contribution in [0.3, 0.4) is 0 Å². The molecule has 12 heteroatoms. The molecule has 0 aliphatic heterocycles. The average molecular weight is 364 g/mol. The number of carboxylic acid groups (broad SMARTS) is 1. The molecular weight excluding hydrogens is 352 g/mol. The van der Waals surface area contributed by atoms with Gasteiger partial charge in [0.05, 0.1) is 6.61 Å². The van der Waals surface area contributed by atoms with Crippen LogP contribution in [0.2, 0.25) is 0 Å². The Hall–Kier alpha value is -2.85. The van der Waals surface area contributed by atoms with Gasteiger partial charge in [-0.3, -0.25) is 4.79 Å². The van der Waals surface area contributed by atoms with E-state index in [1.807, 2.05) is 4.91 Å². The third kappa shape index (κ3) is 4.81. The van der Waals surface area contributed by atoms with Gasteiger partial charge in [-0.15, -0.1) is 0 Å². The number of carbonyl (C=O) groups excluding carboxylic acids is 1. The molecule has 1 aromatic carbocycles. The van der Waals surface area contributed by atoms with Crippen molar-refractivity contribution in [3.8, 4) is 0 Å². The van der Waals surface area contributed by atoms with E-state index in [2.05, 4.69) is 9.85 Å². The number of nitrogens with zero attached hydrogens (tertiary/aromatic N) is 3. The van der Waals surface area contributed by atoms with Crippen LogP contribution < -0.4 is 5.73 Å². The SMILES string of the molecule is [N-]=[N+]=Nc1c(F)c(F)c(C(=O)OCCCCC(N)C(=O)O)c(F)c1F. The molecule has 0 bridgehead atoms. The van der Waals surface area contributed by atoms with Gasteiger partial charge in [-0.05, 0) is 24.8 Å². The van der Waals surface area contributed by atoms with E-state index in [4.69, 9.17) is 16.4 Å². The molecule has 0 aromatic heterocycles. The Morgan fingerprint density at radius 1 is 1.16 bits per heavy atom. The van der Waals surface area contributed by atoms with Crippen LogP contribution in [-0.2, 0) is 9.53 Å². The first-order valence-corrected chi connectivity index (χ1v) is 6.78. The van der Waals surface area contributed by atoms with Crippen LogP contribution in [0.4, 0.5) is 23.2 Å². The number of hydrogen-bond donors (Lipinski definition) is 2. The number of carboxylic acids is 1. The zero-order valence-electron chi connectivity index (χ0n) is 12.5. The Morgan fingerprint density at radius 2 is 1.72 bits per heavy atom. The summed E-state index contributed by atoms with van der Waals surface area (Å²) in [6, 6.07) is -1.11. The van der Waals surface area contributed by atoms with Crippen LogP contribution in [-0.4, -0.2) is 29.7 Å². The summed E-state index contributed by atoms with van der Waals surface area (Å²) in [5.74, 6) is -11.1. The molecule has 25 heavy (non-hydrogen) atoms. The van der Waals surface area contributed by atoms with E-state index in [0.717, 1.165) is 0 Å². The van der Waals surface area contributed by atoms with Gasteiger partial charge < -0.3 is 15.6 Å². The van der Waals surface area contributed by atoms with Gasteiger partial charge in [0.2, 0.25) is 0 Å². The highest BCUT2D eigenvalue weighted by molar-refractivity contribution is 5.90. The third-order valence-corrected chi connectivity index (χ3v) is 3.05. The summed E-state index contributed by atoms with van der Waals surface area (Å²) in [5, 5.41) is 11.0. The maximum absolute atomic E-state index is 13.7. The molecule has 0 aliphatic carbocycles. The molecule has 0 aliphatic rings. The van der Waals surface area contributed by atoms with Crippen molar-refractivity contribution in [1.82, 2.24) is 0 Å². The van der Waals surface area contributed by atoms with E-state index in [-0.39, 0.29) is 25.9 Å². The van der Waals surface area contributed by atoms with Crippen LogP contribution in [0, 0.1) is 23.3 Å². The van der Waals surface area contributed by atoms with Crippen molar-refractivity contribution in [3.63, 3.8) is 0 Å². The molecule has 0 spiro atoms. The highest BCUT2D eigenvalue weighted by Crippen LogP contribution is 2.30. The lowest BCUT2D eigenvalue weighted by molar-refractivity contribution is -0.138. The summed E-state index contributed by atoms with van der Waals surface area (Å²) in [5.41, 5.74) is 10.2. The largest absolute Gasteiger partial charge is 0.480 e. The van der Waals surface area contributed by atoms with E-state index >= 15 is 0 Å². The van der Waals surface area contributed by atoms with Gasteiger partial charge in [-0.1, -0.05) is 5.11 Å². The Kier molecular flexibility index (Phi) is 7.15. The lowest BCUT2D eigenvalue weighted by atomic mass is 10.1. The van der Waals surface area contributed by atoms with E-state index in [1.165, 1.54) is 0 Å².